The zero-order chi connectivity index (χ0) is 24.8. The van der Waals surface area contributed by atoms with Crippen molar-refractivity contribution in [3.63, 3.8) is 0 Å². The first kappa shape index (κ1) is 25.6. The summed E-state index contributed by atoms with van der Waals surface area (Å²) in [7, 11) is 1.20. The number of piperazine rings is 1. The summed E-state index contributed by atoms with van der Waals surface area (Å²) in [6.07, 6.45) is 1.42. The van der Waals surface area contributed by atoms with Crippen LogP contribution in [0, 0.1) is 23.4 Å². The maximum Gasteiger partial charge on any atom is 0.327 e. The fourth-order valence-electron chi connectivity index (χ4n) is 4.28. The highest BCUT2D eigenvalue weighted by molar-refractivity contribution is 5.92. The molecule has 1 fully saturated rings. The molecule has 0 saturated carbocycles. The lowest BCUT2D eigenvalue weighted by atomic mass is 10.0. The molecule has 0 spiro atoms. The Morgan fingerprint density at radius 3 is 2.26 bits per heavy atom. The van der Waals surface area contributed by atoms with Gasteiger partial charge in [0.05, 0.1) is 12.8 Å². The van der Waals surface area contributed by atoms with Gasteiger partial charge in [-0.1, -0.05) is 26.0 Å². The van der Waals surface area contributed by atoms with Crippen LogP contribution in [0.15, 0.2) is 36.4 Å². The van der Waals surface area contributed by atoms with Gasteiger partial charge in [-0.15, -0.1) is 0 Å². The standard InChI is InChI=1S/C25H30F3N3O3/c1-4-16(5-2)24(32)29-17-9-10-21(20(27)15-17)30-11-13-31(14-12-30)23(25(33)34-3)18-7-6-8-19(26)22(18)28/h6-10,15-16,23H,4-5,11-14H2,1-3H3,(H,29,32). The van der Waals surface area contributed by atoms with Gasteiger partial charge in [-0.3, -0.25) is 9.69 Å². The van der Waals surface area contributed by atoms with Gasteiger partial charge in [-0.2, -0.15) is 0 Å². The van der Waals surface area contributed by atoms with Crippen molar-refractivity contribution in [2.75, 3.05) is 43.5 Å². The maximum absolute atomic E-state index is 14.9. The highest BCUT2D eigenvalue weighted by Crippen LogP contribution is 2.30. The molecule has 3 rings (SSSR count). The number of hydrogen-bond acceptors (Lipinski definition) is 5. The minimum absolute atomic E-state index is 0.0935. The predicted octanol–water partition coefficient (Wildman–Crippen LogP) is 4.51. The Morgan fingerprint density at radius 1 is 1.00 bits per heavy atom. The van der Waals surface area contributed by atoms with Gasteiger partial charge in [-0.25, -0.2) is 18.0 Å². The molecule has 1 atom stereocenters. The van der Waals surface area contributed by atoms with Crippen molar-refractivity contribution >= 4 is 23.3 Å². The zero-order valence-corrected chi connectivity index (χ0v) is 19.6. The van der Waals surface area contributed by atoms with Crippen molar-refractivity contribution < 1.29 is 27.5 Å². The number of amides is 1. The number of esters is 1. The summed E-state index contributed by atoms with van der Waals surface area (Å²) < 4.78 is 47.9. The van der Waals surface area contributed by atoms with Crippen LogP contribution in [0.2, 0.25) is 0 Å². The van der Waals surface area contributed by atoms with Crippen LogP contribution in [-0.4, -0.2) is 50.1 Å². The molecule has 2 aromatic carbocycles. The van der Waals surface area contributed by atoms with E-state index in [9.17, 15) is 22.8 Å². The topological polar surface area (TPSA) is 61.9 Å². The highest BCUT2D eigenvalue weighted by atomic mass is 19.2. The van der Waals surface area contributed by atoms with Crippen LogP contribution in [0.4, 0.5) is 24.5 Å². The molecule has 0 aliphatic carbocycles. The molecule has 1 aliphatic rings. The molecule has 0 aromatic heterocycles. The molecule has 2 aromatic rings. The number of carbonyl (C=O) groups is 2. The minimum Gasteiger partial charge on any atom is -0.468 e. The van der Waals surface area contributed by atoms with E-state index in [1.54, 1.807) is 17.0 Å². The van der Waals surface area contributed by atoms with Crippen LogP contribution in [0.1, 0.15) is 38.3 Å². The number of rotatable bonds is 8. The van der Waals surface area contributed by atoms with E-state index in [1.807, 2.05) is 18.7 Å². The van der Waals surface area contributed by atoms with Crippen molar-refractivity contribution in [3.05, 3.63) is 59.4 Å². The fourth-order valence-corrected chi connectivity index (χ4v) is 4.28. The monoisotopic (exact) mass is 477 g/mol. The molecule has 1 unspecified atom stereocenters. The van der Waals surface area contributed by atoms with Crippen molar-refractivity contribution in [2.45, 2.75) is 32.7 Å². The Kier molecular flexibility index (Phi) is 8.55. The number of hydrogen-bond donors (Lipinski definition) is 1. The molecule has 0 radical (unpaired) electrons. The Hall–Kier alpha value is -3.07. The lowest BCUT2D eigenvalue weighted by molar-refractivity contribution is -0.147. The van der Waals surface area contributed by atoms with E-state index in [0.717, 1.165) is 6.07 Å². The van der Waals surface area contributed by atoms with Crippen LogP contribution >= 0.6 is 0 Å². The Bertz CT molecular complexity index is 1020. The summed E-state index contributed by atoms with van der Waals surface area (Å²) in [4.78, 5) is 28.2. The largest absolute Gasteiger partial charge is 0.468 e. The fraction of sp³-hybridized carbons (Fsp3) is 0.440. The van der Waals surface area contributed by atoms with E-state index < -0.39 is 29.5 Å². The first-order valence-electron chi connectivity index (χ1n) is 11.4. The number of nitrogens with zero attached hydrogens (tertiary/aromatic N) is 2. The van der Waals surface area contributed by atoms with Crippen molar-refractivity contribution in [1.82, 2.24) is 4.90 Å². The van der Waals surface area contributed by atoms with Gasteiger partial charge in [0.1, 0.15) is 11.9 Å². The molecule has 0 bridgehead atoms. The van der Waals surface area contributed by atoms with Crippen LogP contribution in [0.5, 0.6) is 0 Å². The number of methoxy groups -OCH3 is 1. The summed E-state index contributed by atoms with van der Waals surface area (Å²) in [6.45, 7) is 5.21. The zero-order valence-electron chi connectivity index (χ0n) is 19.6. The third-order valence-corrected chi connectivity index (χ3v) is 6.29. The summed E-state index contributed by atoms with van der Waals surface area (Å²) in [5.41, 5.74) is 0.667. The van der Waals surface area contributed by atoms with Crippen LogP contribution in [0.3, 0.4) is 0 Å². The SMILES string of the molecule is CCC(CC)C(=O)Nc1ccc(N2CCN(C(C(=O)OC)c3cccc(F)c3F)CC2)c(F)c1. The Morgan fingerprint density at radius 2 is 1.68 bits per heavy atom. The number of halogens is 3. The van der Waals surface area contributed by atoms with E-state index in [0.29, 0.717) is 50.4 Å². The second kappa shape index (κ2) is 11.4. The lowest BCUT2D eigenvalue weighted by Crippen LogP contribution is -2.50. The molecular formula is C25H30F3N3O3. The van der Waals surface area contributed by atoms with Crippen LogP contribution < -0.4 is 10.2 Å². The molecular weight excluding hydrogens is 447 g/mol. The number of anilines is 2. The molecule has 1 saturated heterocycles. The predicted molar refractivity (Wildman–Crippen MR) is 124 cm³/mol. The van der Waals surface area contributed by atoms with E-state index in [2.05, 4.69) is 5.32 Å². The third-order valence-electron chi connectivity index (χ3n) is 6.29. The van der Waals surface area contributed by atoms with Gasteiger partial charge < -0.3 is 15.0 Å². The molecule has 9 heteroatoms. The molecule has 1 amide bonds. The molecule has 1 heterocycles. The molecule has 1 N–H and O–H groups in total. The van der Waals surface area contributed by atoms with E-state index in [-0.39, 0.29) is 17.4 Å². The van der Waals surface area contributed by atoms with E-state index >= 15 is 0 Å². The van der Waals surface area contributed by atoms with E-state index in [1.165, 1.54) is 25.3 Å². The molecule has 184 valence electrons. The third kappa shape index (κ3) is 5.52. The minimum atomic E-state index is -1.10. The van der Waals surface area contributed by atoms with Crippen molar-refractivity contribution in [3.8, 4) is 0 Å². The summed E-state index contributed by atoms with van der Waals surface area (Å²) in [5.74, 6) is -3.55. The van der Waals surface area contributed by atoms with Crippen LogP contribution in [-0.2, 0) is 14.3 Å². The molecule has 34 heavy (non-hydrogen) atoms. The number of ether oxygens (including phenoxy) is 1. The summed E-state index contributed by atoms with van der Waals surface area (Å²) in [6, 6.07) is 7.16. The van der Waals surface area contributed by atoms with Gasteiger partial charge in [-0.05, 0) is 37.1 Å². The number of benzene rings is 2. The van der Waals surface area contributed by atoms with E-state index in [4.69, 9.17) is 4.74 Å². The average Bonchev–Trinajstić information content (AvgIpc) is 2.83. The van der Waals surface area contributed by atoms with Gasteiger partial charge in [0, 0.05) is 43.3 Å². The normalized spacial score (nSPS) is 15.3. The lowest BCUT2D eigenvalue weighted by Gasteiger charge is -2.39. The Labute approximate surface area is 197 Å². The Balaban J connectivity index is 1.71. The van der Waals surface area contributed by atoms with Crippen molar-refractivity contribution in [1.29, 1.82) is 0 Å². The van der Waals surface area contributed by atoms with Crippen LogP contribution in [0.25, 0.3) is 0 Å². The number of carbonyl (C=O) groups excluding carboxylic acids is 2. The first-order chi connectivity index (χ1) is 16.3. The van der Waals surface area contributed by atoms with Crippen molar-refractivity contribution in [2.24, 2.45) is 5.92 Å². The quantitative estimate of drug-likeness (QED) is 0.567. The highest BCUT2D eigenvalue weighted by Gasteiger charge is 2.34. The second-order valence-corrected chi connectivity index (χ2v) is 8.26. The average molecular weight is 478 g/mol. The summed E-state index contributed by atoms with van der Waals surface area (Å²) >= 11 is 0. The smallest absolute Gasteiger partial charge is 0.327 e. The molecule has 6 nitrogen and oxygen atoms in total. The maximum atomic E-state index is 14.9. The van der Waals surface area contributed by atoms with Gasteiger partial charge in [0.25, 0.3) is 0 Å². The number of nitrogens with one attached hydrogen (secondary N) is 1. The molecule has 1 aliphatic heterocycles. The van der Waals surface area contributed by atoms with Gasteiger partial charge in [0.15, 0.2) is 11.6 Å². The summed E-state index contributed by atoms with van der Waals surface area (Å²) in [5, 5.41) is 2.76. The van der Waals surface area contributed by atoms with Gasteiger partial charge in [0.2, 0.25) is 5.91 Å². The van der Waals surface area contributed by atoms with Gasteiger partial charge >= 0.3 is 5.97 Å². The second-order valence-electron chi connectivity index (χ2n) is 8.26. The first-order valence-corrected chi connectivity index (χ1v) is 11.4.